The molecule has 16 heteroatoms. The van der Waals surface area contributed by atoms with Gasteiger partial charge in [0.15, 0.2) is 17.6 Å². The molecule has 5 aliphatic heterocycles. The number of aliphatic hydroxyl groups excluding tert-OH is 1. The summed E-state index contributed by atoms with van der Waals surface area (Å²) in [5, 5.41) is 38.3. The van der Waals surface area contributed by atoms with E-state index in [1.165, 1.54) is 9.80 Å². The number of aliphatic hydroxyl groups is 3. The SMILES string of the molecule is CC1(C)CCOc2c(C(=O)NC3CN4C(N)=N[C@@H](CN5C(=O)CN(CCO)C5=O)[C@@H]5N=C(N)N[C@@]54C3(O)O)cccc21. The number of imide groups is 1. The van der Waals surface area contributed by atoms with Crippen LogP contribution in [0.2, 0.25) is 0 Å². The van der Waals surface area contributed by atoms with Gasteiger partial charge in [-0.25, -0.2) is 14.8 Å². The average molecular weight is 586 g/mol. The number of fused-ring (bicyclic) bond motifs is 1. The van der Waals surface area contributed by atoms with Crippen molar-refractivity contribution in [2.45, 2.75) is 55.3 Å². The Hall–Kier alpha value is -4.15. The van der Waals surface area contributed by atoms with Gasteiger partial charge in [-0.2, -0.15) is 0 Å². The highest BCUT2D eigenvalue weighted by Crippen LogP contribution is 2.45. The van der Waals surface area contributed by atoms with Crippen molar-refractivity contribution in [1.29, 1.82) is 0 Å². The minimum absolute atomic E-state index is 0.0180. The predicted molar refractivity (Wildman–Crippen MR) is 147 cm³/mol. The van der Waals surface area contributed by atoms with Crippen LogP contribution in [0.25, 0.3) is 0 Å². The molecule has 5 aliphatic rings. The lowest BCUT2D eigenvalue weighted by Crippen LogP contribution is -2.78. The van der Waals surface area contributed by atoms with Gasteiger partial charge in [0.2, 0.25) is 11.7 Å². The van der Waals surface area contributed by atoms with E-state index in [2.05, 4.69) is 34.5 Å². The van der Waals surface area contributed by atoms with Crippen LogP contribution in [0.15, 0.2) is 28.2 Å². The summed E-state index contributed by atoms with van der Waals surface area (Å²) >= 11 is 0. The monoisotopic (exact) mass is 585 g/mol. The van der Waals surface area contributed by atoms with E-state index < -0.39 is 47.4 Å². The Kier molecular flexibility index (Phi) is 6.29. The number of urea groups is 1. The van der Waals surface area contributed by atoms with Crippen LogP contribution < -0.4 is 26.8 Å². The molecule has 16 nitrogen and oxygen atoms in total. The van der Waals surface area contributed by atoms with Crippen molar-refractivity contribution in [2.75, 3.05) is 39.4 Å². The summed E-state index contributed by atoms with van der Waals surface area (Å²) in [4.78, 5) is 51.4. The number of hydrogen-bond donors (Lipinski definition) is 7. The fourth-order valence-electron chi connectivity index (χ4n) is 6.67. The maximum atomic E-state index is 13.6. The van der Waals surface area contributed by atoms with E-state index >= 15 is 0 Å². The molecule has 2 fully saturated rings. The Morgan fingerprint density at radius 2 is 2.00 bits per heavy atom. The van der Waals surface area contributed by atoms with E-state index in [1.54, 1.807) is 12.1 Å². The van der Waals surface area contributed by atoms with Crippen LogP contribution in [0.5, 0.6) is 5.75 Å². The van der Waals surface area contributed by atoms with Gasteiger partial charge >= 0.3 is 6.03 Å². The molecule has 0 bridgehead atoms. The molecule has 1 unspecified atom stereocenters. The molecule has 0 aromatic heterocycles. The zero-order chi connectivity index (χ0) is 30.2. The summed E-state index contributed by atoms with van der Waals surface area (Å²) in [5.41, 5.74) is 11.4. The first kappa shape index (κ1) is 28.0. The first-order valence-corrected chi connectivity index (χ1v) is 13.8. The van der Waals surface area contributed by atoms with E-state index in [0.717, 1.165) is 16.9 Å². The number of benzene rings is 1. The van der Waals surface area contributed by atoms with E-state index in [1.807, 2.05) is 6.07 Å². The van der Waals surface area contributed by atoms with Crippen molar-refractivity contribution in [3.05, 3.63) is 29.3 Å². The molecule has 1 aromatic rings. The lowest BCUT2D eigenvalue weighted by molar-refractivity contribution is -0.230. The van der Waals surface area contributed by atoms with E-state index in [-0.39, 0.29) is 55.7 Å². The molecule has 6 rings (SSSR count). The van der Waals surface area contributed by atoms with E-state index in [0.29, 0.717) is 12.4 Å². The van der Waals surface area contributed by atoms with Crippen molar-refractivity contribution < 1.29 is 34.4 Å². The highest BCUT2D eigenvalue weighted by atomic mass is 16.5. The fourth-order valence-corrected chi connectivity index (χ4v) is 6.67. The zero-order valence-corrected chi connectivity index (χ0v) is 23.3. The number of para-hydroxylation sites is 1. The van der Waals surface area contributed by atoms with E-state index in [9.17, 15) is 29.7 Å². The first-order valence-electron chi connectivity index (χ1n) is 13.8. The van der Waals surface area contributed by atoms with Gasteiger partial charge in [-0.05, 0) is 17.9 Å². The maximum Gasteiger partial charge on any atom is 0.327 e. The number of aliphatic imine (C=N–C) groups is 2. The lowest BCUT2D eigenvalue weighted by atomic mass is 9.79. The molecule has 5 heterocycles. The molecule has 1 spiro atoms. The molecule has 4 atom stereocenters. The molecule has 0 aliphatic carbocycles. The molecular weight excluding hydrogens is 550 g/mol. The van der Waals surface area contributed by atoms with Crippen LogP contribution in [-0.2, 0) is 10.2 Å². The number of nitrogens with one attached hydrogen (secondary N) is 2. The number of amides is 4. The minimum Gasteiger partial charge on any atom is -0.492 e. The van der Waals surface area contributed by atoms with Crippen molar-refractivity contribution >= 4 is 29.8 Å². The van der Waals surface area contributed by atoms with Gasteiger partial charge in [0, 0.05) is 18.7 Å². The van der Waals surface area contributed by atoms with Crippen LogP contribution >= 0.6 is 0 Å². The highest BCUT2D eigenvalue weighted by molar-refractivity contribution is 6.02. The average Bonchev–Trinajstić information content (AvgIpc) is 3.49. The molecule has 4 amide bonds. The van der Waals surface area contributed by atoms with Crippen LogP contribution in [0.1, 0.15) is 36.2 Å². The highest BCUT2D eigenvalue weighted by Gasteiger charge is 2.73. The lowest BCUT2D eigenvalue weighted by Gasteiger charge is -2.49. The van der Waals surface area contributed by atoms with Gasteiger partial charge < -0.3 is 52.0 Å². The Bertz CT molecular complexity index is 1410. The number of guanidine groups is 2. The second kappa shape index (κ2) is 9.43. The van der Waals surface area contributed by atoms with Gasteiger partial charge in [-0.1, -0.05) is 26.0 Å². The summed E-state index contributed by atoms with van der Waals surface area (Å²) in [5.74, 6) is -3.59. The van der Waals surface area contributed by atoms with Crippen molar-refractivity contribution in [2.24, 2.45) is 21.5 Å². The minimum atomic E-state index is -2.70. The summed E-state index contributed by atoms with van der Waals surface area (Å²) in [7, 11) is 0. The Labute approximate surface area is 241 Å². The summed E-state index contributed by atoms with van der Waals surface area (Å²) in [6, 6.07) is 1.26. The summed E-state index contributed by atoms with van der Waals surface area (Å²) in [6.45, 7) is 3.60. The largest absolute Gasteiger partial charge is 0.492 e. The quantitative estimate of drug-likeness (QED) is 0.130. The van der Waals surface area contributed by atoms with Gasteiger partial charge in [-0.15, -0.1) is 0 Å². The number of rotatable bonds is 6. The smallest absolute Gasteiger partial charge is 0.327 e. The van der Waals surface area contributed by atoms with Gasteiger partial charge in [0.25, 0.3) is 5.91 Å². The summed E-state index contributed by atoms with van der Waals surface area (Å²) < 4.78 is 5.88. The number of nitrogens with two attached hydrogens (primary N) is 2. The van der Waals surface area contributed by atoms with Crippen LogP contribution in [0, 0.1) is 0 Å². The van der Waals surface area contributed by atoms with Gasteiger partial charge in [-0.3, -0.25) is 14.5 Å². The maximum absolute atomic E-state index is 13.6. The summed E-state index contributed by atoms with van der Waals surface area (Å²) in [6.07, 6.45) is 0.782. The molecule has 2 saturated heterocycles. The van der Waals surface area contributed by atoms with Gasteiger partial charge in [0.05, 0.1) is 31.4 Å². The second-order valence-corrected chi connectivity index (χ2v) is 11.9. The first-order chi connectivity index (χ1) is 19.8. The molecule has 42 heavy (non-hydrogen) atoms. The normalized spacial score (nSPS) is 30.6. The standard InChI is InChI=1S/C26H35N9O7/c1-24(2)6-9-42-18-13(4-3-5-14(18)24)20(38)30-16-11-35-22(28)29-15(10-34-17(37)12-33(7-8-36)23(34)39)19-25(35,26(16,40)41)32-21(27)31-19/h3-5,15-16,19,36,40-41H,6-12H2,1-2H3,(H2,28,29)(H,30,38)(H3,27,31,32)/t15-,16?,19-,25-/m0/s1. The number of carbonyl (C=O) groups is 3. The second-order valence-electron chi connectivity index (χ2n) is 11.9. The third-order valence-corrected chi connectivity index (χ3v) is 8.94. The third-order valence-electron chi connectivity index (χ3n) is 8.94. The number of carbonyl (C=O) groups excluding carboxylic acids is 3. The Morgan fingerprint density at radius 1 is 1.24 bits per heavy atom. The Balaban J connectivity index is 1.29. The molecule has 226 valence electrons. The van der Waals surface area contributed by atoms with Gasteiger partial charge in [0.1, 0.15) is 24.4 Å². The topological polar surface area (TPSA) is 232 Å². The number of ether oxygens (including phenoxy) is 1. The van der Waals surface area contributed by atoms with Crippen LogP contribution in [0.4, 0.5) is 4.79 Å². The molecule has 1 aromatic carbocycles. The van der Waals surface area contributed by atoms with Crippen molar-refractivity contribution in [3.63, 3.8) is 0 Å². The van der Waals surface area contributed by atoms with Crippen molar-refractivity contribution in [3.8, 4) is 5.75 Å². The number of nitrogens with zero attached hydrogens (tertiary/aromatic N) is 5. The molecule has 0 radical (unpaired) electrons. The zero-order valence-electron chi connectivity index (χ0n) is 23.3. The fraction of sp³-hybridized carbons (Fsp3) is 0.577. The van der Waals surface area contributed by atoms with Crippen LogP contribution in [0.3, 0.4) is 0 Å². The molecule has 0 saturated carbocycles. The van der Waals surface area contributed by atoms with E-state index in [4.69, 9.17) is 16.2 Å². The predicted octanol–water partition coefficient (Wildman–Crippen LogP) is -3.22. The molecular formula is C26H35N9O7. The number of β-amino-alcohol motifs (C(OH)–C–C–N with tert-alkyl or cyclic N) is 1. The molecule has 9 N–H and O–H groups in total. The number of hydrogen-bond acceptors (Lipinski definition) is 13. The third kappa shape index (κ3) is 3.89. The van der Waals surface area contributed by atoms with Crippen LogP contribution in [-0.4, -0.2) is 129 Å². The van der Waals surface area contributed by atoms with Crippen molar-refractivity contribution in [1.82, 2.24) is 25.3 Å². The Morgan fingerprint density at radius 3 is 2.74 bits per heavy atom.